The average Bonchev–Trinajstić information content (AvgIpc) is 2.71. The summed E-state index contributed by atoms with van der Waals surface area (Å²) in [5.41, 5.74) is -0.349. The Hall–Kier alpha value is -2.07. The summed E-state index contributed by atoms with van der Waals surface area (Å²) < 4.78 is 5.00. The number of ether oxygens (including phenoxy) is 1. The molecule has 19 heavy (non-hydrogen) atoms. The van der Waals surface area contributed by atoms with Gasteiger partial charge in [-0.25, -0.2) is 9.59 Å². The quantitative estimate of drug-likeness (QED) is 0.885. The molecule has 0 saturated carbocycles. The van der Waals surface area contributed by atoms with Crippen molar-refractivity contribution in [3.8, 4) is 6.07 Å². The summed E-state index contributed by atoms with van der Waals surface area (Å²) in [6.45, 7) is 5.05. The maximum absolute atomic E-state index is 11.6. The first kappa shape index (κ1) is 15.0. The Balaban J connectivity index is 2.83. The van der Waals surface area contributed by atoms with Gasteiger partial charge in [0.1, 0.15) is 11.7 Å². The zero-order valence-electron chi connectivity index (χ0n) is 10.8. The SMILES string of the molecule is CC(C)(C)OC(=O)NC(C(=O)O)c1cc(C#N)cs1. The number of hydrogen-bond acceptors (Lipinski definition) is 5. The molecule has 0 radical (unpaired) electrons. The van der Waals surface area contributed by atoms with E-state index in [1.165, 1.54) is 11.4 Å². The molecule has 102 valence electrons. The van der Waals surface area contributed by atoms with E-state index in [-0.39, 0.29) is 0 Å². The molecule has 6 nitrogen and oxygen atoms in total. The molecular formula is C12H14N2O4S. The summed E-state index contributed by atoms with van der Waals surface area (Å²) in [6.07, 6.45) is -0.813. The second kappa shape index (κ2) is 5.71. The molecule has 2 N–H and O–H groups in total. The highest BCUT2D eigenvalue weighted by molar-refractivity contribution is 7.10. The van der Waals surface area contributed by atoms with Crippen molar-refractivity contribution < 1.29 is 19.4 Å². The van der Waals surface area contributed by atoms with Crippen LogP contribution in [0.5, 0.6) is 0 Å². The van der Waals surface area contributed by atoms with Crippen LogP contribution in [0, 0.1) is 11.3 Å². The summed E-state index contributed by atoms with van der Waals surface area (Å²) in [7, 11) is 0. The number of carbonyl (C=O) groups is 2. The number of nitriles is 1. The molecule has 0 saturated heterocycles. The number of alkyl carbamates (subject to hydrolysis) is 1. The fourth-order valence-corrected chi connectivity index (χ4v) is 2.12. The van der Waals surface area contributed by atoms with Gasteiger partial charge in [0.25, 0.3) is 0 Å². The van der Waals surface area contributed by atoms with Gasteiger partial charge in [-0.1, -0.05) is 0 Å². The van der Waals surface area contributed by atoms with Gasteiger partial charge in [-0.2, -0.15) is 5.26 Å². The van der Waals surface area contributed by atoms with Gasteiger partial charge in [-0.05, 0) is 26.8 Å². The van der Waals surface area contributed by atoms with Crippen molar-refractivity contribution >= 4 is 23.4 Å². The summed E-state index contributed by atoms with van der Waals surface area (Å²) in [5.74, 6) is -1.21. The highest BCUT2D eigenvalue weighted by Gasteiger charge is 2.26. The number of nitrogens with one attached hydrogen (secondary N) is 1. The smallest absolute Gasteiger partial charge is 0.408 e. The van der Waals surface area contributed by atoms with Crippen molar-refractivity contribution in [3.05, 3.63) is 21.9 Å². The first-order valence-electron chi connectivity index (χ1n) is 5.44. The first-order valence-corrected chi connectivity index (χ1v) is 6.32. The fourth-order valence-electron chi connectivity index (χ4n) is 1.24. The highest BCUT2D eigenvalue weighted by atomic mass is 32.1. The van der Waals surface area contributed by atoms with Crippen molar-refractivity contribution in [3.63, 3.8) is 0 Å². The summed E-state index contributed by atoms with van der Waals surface area (Å²) in [6, 6.07) is 2.12. The number of nitrogens with zero attached hydrogens (tertiary/aromatic N) is 1. The molecule has 0 spiro atoms. The molecule has 0 aromatic carbocycles. The fraction of sp³-hybridized carbons (Fsp3) is 0.417. The zero-order chi connectivity index (χ0) is 14.6. The van der Waals surface area contributed by atoms with Crippen molar-refractivity contribution in [1.82, 2.24) is 5.32 Å². The van der Waals surface area contributed by atoms with Crippen LogP contribution in [-0.2, 0) is 9.53 Å². The van der Waals surface area contributed by atoms with Gasteiger partial charge in [0, 0.05) is 10.3 Å². The molecular weight excluding hydrogens is 268 g/mol. The van der Waals surface area contributed by atoms with Crippen LogP contribution in [0.4, 0.5) is 4.79 Å². The van der Waals surface area contributed by atoms with Gasteiger partial charge in [-0.3, -0.25) is 0 Å². The van der Waals surface area contributed by atoms with Crippen molar-refractivity contribution in [2.45, 2.75) is 32.4 Å². The molecule has 1 atom stereocenters. The predicted octanol–water partition coefficient (Wildman–Crippen LogP) is 2.27. The minimum atomic E-state index is -1.22. The van der Waals surface area contributed by atoms with Gasteiger partial charge in [0.15, 0.2) is 6.04 Å². The van der Waals surface area contributed by atoms with Crippen molar-refractivity contribution in [1.29, 1.82) is 5.26 Å². The van der Waals surface area contributed by atoms with Crippen LogP contribution in [0.2, 0.25) is 0 Å². The summed E-state index contributed by atoms with van der Waals surface area (Å²) in [5, 5.41) is 21.6. The third-order valence-electron chi connectivity index (χ3n) is 1.94. The number of thiophene rings is 1. The maximum atomic E-state index is 11.6. The Morgan fingerprint density at radius 3 is 2.58 bits per heavy atom. The van der Waals surface area contributed by atoms with E-state index >= 15 is 0 Å². The molecule has 0 bridgehead atoms. The molecule has 1 aromatic rings. The number of rotatable bonds is 3. The van der Waals surface area contributed by atoms with Crippen LogP contribution < -0.4 is 5.32 Å². The number of amides is 1. The molecule has 1 amide bonds. The second-order valence-corrected chi connectivity index (χ2v) is 5.71. The number of aliphatic carboxylic acids is 1. The van der Waals surface area contributed by atoms with Gasteiger partial charge < -0.3 is 15.2 Å². The molecule has 0 aliphatic heterocycles. The standard InChI is InChI=1S/C12H14N2O4S/c1-12(2,3)18-11(17)14-9(10(15)16)8-4-7(5-13)6-19-8/h4,6,9H,1-3H3,(H,14,17)(H,15,16). The van der Waals surface area contributed by atoms with Crippen LogP contribution in [0.25, 0.3) is 0 Å². The average molecular weight is 282 g/mol. The lowest BCUT2D eigenvalue weighted by Crippen LogP contribution is -2.37. The monoisotopic (exact) mass is 282 g/mol. The highest BCUT2D eigenvalue weighted by Crippen LogP contribution is 2.22. The Labute approximate surface area is 114 Å². The lowest BCUT2D eigenvalue weighted by Gasteiger charge is -2.21. The minimum Gasteiger partial charge on any atom is -0.479 e. The van der Waals surface area contributed by atoms with Crippen LogP contribution in [-0.4, -0.2) is 22.8 Å². The topological polar surface area (TPSA) is 99.4 Å². The predicted molar refractivity (Wildman–Crippen MR) is 68.8 cm³/mol. The van der Waals surface area contributed by atoms with Crippen molar-refractivity contribution in [2.24, 2.45) is 0 Å². The van der Waals surface area contributed by atoms with E-state index in [0.29, 0.717) is 10.4 Å². The largest absolute Gasteiger partial charge is 0.479 e. The second-order valence-electron chi connectivity index (χ2n) is 4.77. The zero-order valence-corrected chi connectivity index (χ0v) is 11.6. The third kappa shape index (κ3) is 4.60. The van der Waals surface area contributed by atoms with Crippen LogP contribution in [0.15, 0.2) is 11.4 Å². The molecule has 1 rings (SSSR count). The van der Waals surface area contributed by atoms with Crippen LogP contribution in [0.1, 0.15) is 37.3 Å². The maximum Gasteiger partial charge on any atom is 0.408 e. The minimum absolute atomic E-state index is 0.359. The Morgan fingerprint density at radius 1 is 1.53 bits per heavy atom. The lowest BCUT2D eigenvalue weighted by atomic mass is 10.2. The Bertz CT molecular complexity index is 525. The van der Waals surface area contributed by atoms with Gasteiger partial charge >= 0.3 is 12.1 Å². The van der Waals surface area contributed by atoms with E-state index in [1.54, 1.807) is 20.8 Å². The summed E-state index contributed by atoms with van der Waals surface area (Å²) in [4.78, 5) is 23.1. The van der Waals surface area contributed by atoms with E-state index in [0.717, 1.165) is 11.3 Å². The van der Waals surface area contributed by atoms with E-state index in [4.69, 9.17) is 15.1 Å². The Morgan fingerprint density at radius 2 is 2.16 bits per heavy atom. The van der Waals surface area contributed by atoms with Gasteiger partial charge in [0.2, 0.25) is 0 Å². The molecule has 0 fully saturated rings. The summed E-state index contributed by atoms with van der Waals surface area (Å²) >= 11 is 1.10. The normalized spacial score (nSPS) is 12.3. The van der Waals surface area contributed by atoms with Crippen LogP contribution in [0.3, 0.4) is 0 Å². The molecule has 1 heterocycles. The van der Waals surface area contributed by atoms with Crippen molar-refractivity contribution in [2.75, 3.05) is 0 Å². The Kier molecular flexibility index (Phi) is 4.51. The molecule has 7 heteroatoms. The number of carboxylic acids is 1. The van der Waals surface area contributed by atoms with E-state index in [9.17, 15) is 9.59 Å². The van der Waals surface area contributed by atoms with E-state index < -0.39 is 23.7 Å². The molecule has 0 aliphatic rings. The number of carbonyl (C=O) groups excluding carboxylic acids is 1. The van der Waals surface area contributed by atoms with E-state index in [2.05, 4.69) is 5.32 Å². The van der Waals surface area contributed by atoms with Gasteiger partial charge in [0.05, 0.1) is 5.56 Å². The molecule has 0 aliphatic carbocycles. The number of hydrogen-bond donors (Lipinski definition) is 2. The van der Waals surface area contributed by atoms with E-state index in [1.807, 2.05) is 6.07 Å². The van der Waals surface area contributed by atoms with Gasteiger partial charge in [-0.15, -0.1) is 11.3 Å². The third-order valence-corrected chi connectivity index (χ3v) is 2.94. The first-order chi connectivity index (χ1) is 8.73. The number of carboxylic acid groups (broad SMARTS) is 1. The van der Waals surface area contributed by atoms with Crippen LogP contribution >= 0.6 is 11.3 Å². The molecule has 1 unspecified atom stereocenters. The lowest BCUT2D eigenvalue weighted by molar-refractivity contribution is -0.139. The molecule has 1 aromatic heterocycles.